The minimum Gasteiger partial charge on any atom is -0.479 e. The number of ether oxygens (including phenoxy) is 1. The van der Waals surface area contributed by atoms with Crippen LogP contribution in [0.3, 0.4) is 0 Å². The molecule has 0 saturated carbocycles. The molecule has 8 nitrogen and oxygen atoms in total. The maximum atomic E-state index is 13.0. The number of rotatable bonds is 5. The van der Waals surface area contributed by atoms with E-state index in [0.717, 1.165) is 5.56 Å². The van der Waals surface area contributed by atoms with Gasteiger partial charge in [0.25, 0.3) is 11.8 Å². The van der Waals surface area contributed by atoms with E-state index in [4.69, 9.17) is 9.26 Å². The van der Waals surface area contributed by atoms with Gasteiger partial charge in [-0.15, -0.1) is 0 Å². The van der Waals surface area contributed by atoms with Gasteiger partial charge < -0.3 is 25.2 Å². The second kappa shape index (κ2) is 7.67. The van der Waals surface area contributed by atoms with E-state index in [9.17, 15) is 9.59 Å². The van der Waals surface area contributed by atoms with Crippen LogP contribution < -0.4 is 20.7 Å². The van der Waals surface area contributed by atoms with E-state index in [1.54, 1.807) is 38.1 Å². The standard InChI is InChI=1S/C21H20N4O4/c1-12-10-18(25-29-12)24-21(27)19(14-6-4-3-5-7-14)22-15-8-9-17-16(11-15)23-20(26)13(2)28-17/h3-11,13,19,22H,1-2H3,(H,23,26)(H,24,25,27)/t13-,19-/m0/s1. The number of hydrogen-bond donors (Lipinski definition) is 3. The summed E-state index contributed by atoms with van der Waals surface area (Å²) in [5.74, 6) is 1.02. The van der Waals surface area contributed by atoms with Gasteiger partial charge >= 0.3 is 0 Å². The van der Waals surface area contributed by atoms with Crippen molar-refractivity contribution in [3.63, 3.8) is 0 Å². The average molecular weight is 392 g/mol. The zero-order valence-corrected chi connectivity index (χ0v) is 15.9. The minimum atomic E-state index is -0.689. The van der Waals surface area contributed by atoms with Crippen LogP contribution in [0.25, 0.3) is 0 Å². The van der Waals surface area contributed by atoms with Gasteiger partial charge in [-0.2, -0.15) is 0 Å². The van der Waals surface area contributed by atoms with Crippen LogP contribution in [0.4, 0.5) is 17.2 Å². The molecule has 1 aromatic heterocycles. The summed E-state index contributed by atoms with van der Waals surface area (Å²) in [7, 11) is 0. The third kappa shape index (κ3) is 4.06. The summed E-state index contributed by atoms with van der Waals surface area (Å²) in [6.45, 7) is 3.44. The van der Waals surface area contributed by atoms with Gasteiger partial charge in [-0.25, -0.2) is 0 Å². The number of benzene rings is 2. The topological polar surface area (TPSA) is 105 Å². The fourth-order valence-electron chi connectivity index (χ4n) is 3.03. The number of amides is 2. The summed E-state index contributed by atoms with van der Waals surface area (Å²) in [6.07, 6.45) is -0.546. The highest BCUT2D eigenvalue weighted by molar-refractivity contribution is 5.99. The summed E-state index contributed by atoms with van der Waals surface area (Å²) in [6, 6.07) is 15.6. The van der Waals surface area contributed by atoms with E-state index in [0.29, 0.717) is 28.7 Å². The van der Waals surface area contributed by atoms with Crippen molar-refractivity contribution >= 4 is 29.0 Å². The maximum Gasteiger partial charge on any atom is 0.265 e. The molecule has 0 spiro atoms. The lowest BCUT2D eigenvalue weighted by Gasteiger charge is -2.25. The van der Waals surface area contributed by atoms with Gasteiger partial charge in [0.1, 0.15) is 17.6 Å². The number of carbonyl (C=O) groups is 2. The Morgan fingerprint density at radius 1 is 1.17 bits per heavy atom. The zero-order chi connectivity index (χ0) is 20.4. The molecule has 0 saturated heterocycles. The van der Waals surface area contributed by atoms with Gasteiger partial charge in [0.05, 0.1) is 5.69 Å². The average Bonchev–Trinajstić information content (AvgIpc) is 3.12. The quantitative estimate of drug-likeness (QED) is 0.614. The Morgan fingerprint density at radius 3 is 2.69 bits per heavy atom. The molecule has 3 aromatic rings. The van der Waals surface area contributed by atoms with Crippen LogP contribution in [0, 0.1) is 6.92 Å². The zero-order valence-electron chi connectivity index (χ0n) is 15.9. The van der Waals surface area contributed by atoms with Crippen molar-refractivity contribution in [1.29, 1.82) is 0 Å². The van der Waals surface area contributed by atoms with Gasteiger partial charge in [0, 0.05) is 11.8 Å². The summed E-state index contributed by atoms with van der Waals surface area (Å²) in [5, 5.41) is 12.6. The highest BCUT2D eigenvalue weighted by atomic mass is 16.5. The summed E-state index contributed by atoms with van der Waals surface area (Å²) in [4.78, 5) is 24.8. The highest BCUT2D eigenvalue weighted by Crippen LogP contribution is 2.33. The molecule has 0 bridgehead atoms. The van der Waals surface area contributed by atoms with Crippen LogP contribution in [0.5, 0.6) is 5.75 Å². The van der Waals surface area contributed by atoms with Gasteiger partial charge in [0.15, 0.2) is 11.9 Å². The lowest BCUT2D eigenvalue weighted by molar-refractivity contribution is -0.122. The van der Waals surface area contributed by atoms with Crippen molar-refractivity contribution in [3.8, 4) is 5.75 Å². The molecule has 29 heavy (non-hydrogen) atoms. The Balaban J connectivity index is 1.60. The largest absolute Gasteiger partial charge is 0.479 e. The first-order chi connectivity index (χ1) is 14.0. The fraction of sp³-hybridized carbons (Fsp3) is 0.190. The lowest BCUT2D eigenvalue weighted by atomic mass is 10.1. The van der Waals surface area contributed by atoms with E-state index in [-0.39, 0.29) is 11.8 Å². The third-order valence-corrected chi connectivity index (χ3v) is 4.50. The van der Waals surface area contributed by atoms with Crippen LogP contribution in [0.2, 0.25) is 0 Å². The van der Waals surface area contributed by atoms with Crippen molar-refractivity contribution in [1.82, 2.24) is 5.16 Å². The normalized spacial score (nSPS) is 16.2. The minimum absolute atomic E-state index is 0.214. The smallest absolute Gasteiger partial charge is 0.265 e. The number of nitrogens with zero attached hydrogens (tertiary/aromatic N) is 1. The first-order valence-electron chi connectivity index (χ1n) is 9.17. The molecule has 1 aliphatic rings. The Bertz CT molecular complexity index is 1050. The molecule has 2 aromatic carbocycles. The third-order valence-electron chi connectivity index (χ3n) is 4.50. The van der Waals surface area contributed by atoms with Crippen LogP contribution >= 0.6 is 0 Å². The van der Waals surface area contributed by atoms with Gasteiger partial charge in [-0.05, 0) is 37.6 Å². The Morgan fingerprint density at radius 2 is 1.97 bits per heavy atom. The molecule has 2 amide bonds. The van der Waals surface area contributed by atoms with Gasteiger partial charge in [0.2, 0.25) is 0 Å². The lowest BCUT2D eigenvalue weighted by Crippen LogP contribution is -2.34. The van der Waals surface area contributed by atoms with Crippen LogP contribution in [-0.4, -0.2) is 23.1 Å². The summed E-state index contributed by atoms with van der Waals surface area (Å²) >= 11 is 0. The Hall–Kier alpha value is -3.81. The van der Waals surface area contributed by atoms with E-state index >= 15 is 0 Å². The molecule has 148 valence electrons. The number of aryl methyl sites for hydroxylation is 1. The van der Waals surface area contributed by atoms with Crippen molar-refractivity contribution < 1.29 is 18.8 Å². The second-order valence-electron chi connectivity index (χ2n) is 6.76. The number of nitrogens with one attached hydrogen (secondary N) is 3. The molecular weight excluding hydrogens is 372 g/mol. The van der Waals surface area contributed by atoms with Crippen molar-refractivity contribution in [3.05, 3.63) is 65.9 Å². The highest BCUT2D eigenvalue weighted by Gasteiger charge is 2.25. The summed E-state index contributed by atoms with van der Waals surface area (Å²) in [5.41, 5.74) is 1.98. The number of anilines is 3. The Labute approximate surface area is 167 Å². The number of fused-ring (bicyclic) bond motifs is 1. The van der Waals surface area contributed by atoms with Crippen molar-refractivity contribution in [2.75, 3.05) is 16.0 Å². The molecular formula is C21H20N4O4. The monoisotopic (exact) mass is 392 g/mol. The molecule has 0 fully saturated rings. The van der Waals surface area contributed by atoms with Gasteiger partial charge in [-0.3, -0.25) is 9.59 Å². The second-order valence-corrected chi connectivity index (χ2v) is 6.76. The molecule has 3 N–H and O–H groups in total. The summed E-state index contributed by atoms with van der Waals surface area (Å²) < 4.78 is 10.6. The molecule has 4 rings (SSSR count). The van der Waals surface area contributed by atoms with E-state index in [1.807, 2.05) is 30.3 Å². The number of carbonyl (C=O) groups excluding carboxylic acids is 2. The van der Waals surface area contributed by atoms with Gasteiger partial charge in [-0.1, -0.05) is 35.5 Å². The van der Waals surface area contributed by atoms with Crippen molar-refractivity contribution in [2.45, 2.75) is 26.0 Å². The molecule has 0 aliphatic carbocycles. The van der Waals surface area contributed by atoms with Crippen LogP contribution in [-0.2, 0) is 9.59 Å². The van der Waals surface area contributed by atoms with Crippen LogP contribution in [0.15, 0.2) is 59.1 Å². The van der Waals surface area contributed by atoms with E-state index in [2.05, 4.69) is 21.1 Å². The molecule has 1 aliphatic heterocycles. The van der Waals surface area contributed by atoms with Crippen LogP contribution in [0.1, 0.15) is 24.3 Å². The molecule has 0 radical (unpaired) electrons. The predicted octanol–water partition coefficient (Wildman–Crippen LogP) is 3.49. The SMILES string of the molecule is Cc1cc(NC(=O)[C@@H](Nc2ccc3c(c2)NC(=O)[C@H](C)O3)c2ccccc2)no1. The fourth-order valence-corrected chi connectivity index (χ4v) is 3.03. The molecule has 2 heterocycles. The first kappa shape index (κ1) is 18.5. The number of aromatic nitrogens is 1. The molecule has 8 heteroatoms. The predicted molar refractivity (Wildman–Crippen MR) is 108 cm³/mol. The Kier molecular flexibility index (Phi) is 4.90. The first-order valence-corrected chi connectivity index (χ1v) is 9.17. The number of hydrogen-bond acceptors (Lipinski definition) is 6. The maximum absolute atomic E-state index is 13.0. The molecule has 0 unspecified atom stereocenters. The van der Waals surface area contributed by atoms with E-state index < -0.39 is 12.1 Å². The molecule has 2 atom stereocenters. The van der Waals surface area contributed by atoms with E-state index in [1.165, 1.54) is 0 Å². The van der Waals surface area contributed by atoms with Crippen molar-refractivity contribution in [2.24, 2.45) is 0 Å².